The van der Waals surface area contributed by atoms with Crippen LogP contribution in [0, 0.1) is 11.7 Å². The van der Waals surface area contributed by atoms with Crippen LogP contribution in [0.25, 0.3) is 11.3 Å². The quantitative estimate of drug-likeness (QED) is 0.705. The first-order valence-electron chi connectivity index (χ1n) is 10.4. The van der Waals surface area contributed by atoms with Crippen LogP contribution >= 0.6 is 0 Å². The summed E-state index contributed by atoms with van der Waals surface area (Å²) in [6.07, 6.45) is 4.06. The molecule has 0 amide bonds. The van der Waals surface area contributed by atoms with Crippen LogP contribution in [0.4, 0.5) is 10.3 Å². The van der Waals surface area contributed by atoms with Crippen LogP contribution in [0.15, 0.2) is 30.5 Å². The van der Waals surface area contributed by atoms with Gasteiger partial charge >= 0.3 is 11.9 Å². The minimum atomic E-state index is -0.582. The average Bonchev–Trinajstić information content (AvgIpc) is 2.74. The molecule has 1 aromatic carbocycles. The molecule has 1 heterocycles. The molecule has 1 fully saturated rings. The second kappa shape index (κ2) is 9.41. The van der Waals surface area contributed by atoms with Gasteiger partial charge in [-0.2, -0.15) is 0 Å². The zero-order chi connectivity index (χ0) is 22.6. The molecule has 0 atom stereocenters. The number of hydrogen-bond acceptors (Lipinski definition) is 7. The van der Waals surface area contributed by atoms with Crippen molar-refractivity contribution in [2.75, 3.05) is 12.4 Å². The first kappa shape index (κ1) is 22.7. The summed E-state index contributed by atoms with van der Waals surface area (Å²) in [6, 6.07) is 6.53. The molecule has 166 valence electrons. The largest absolute Gasteiger partial charge is 0.465 e. The first-order valence-corrected chi connectivity index (χ1v) is 10.4. The molecule has 0 radical (unpaired) electrons. The van der Waals surface area contributed by atoms with Crippen LogP contribution in [0.1, 0.15) is 56.8 Å². The molecule has 1 N–H and O–H groups in total. The third kappa shape index (κ3) is 5.99. The van der Waals surface area contributed by atoms with E-state index in [0.29, 0.717) is 29.9 Å². The molecule has 3 rings (SSSR count). The SMILES string of the molecule is COC(=O)c1cccc(-c2nc(NC3CCC(C(=O)OC(C)(C)C)CC3)ncc2F)c1. The van der Waals surface area contributed by atoms with Gasteiger partial charge in [0.25, 0.3) is 0 Å². The standard InChI is InChI=1S/C23H28FN3O4/c1-23(2,3)31-21(29)14-8-10-17(11-9-14)26-22-25-13-18(24)19(27-22)15-6-5-7-16(12-15)20(28)30-4/h5-7,12-14,17H,8-11H2,1-4H3,(H,25,26,27). The number of esters is 2. The van der Waals surface area contributed by atoms with E-state index in [9.17, 15) is 14.0 Å². The average molecular weight is 429 g/mol. The third-order valence-corrected chi connectivity index (χ3v) is 5.10. The second-order valence-electron chi connectivity index (χ2n) is 8.69. The van der Waals surface area contributed by atoms with Crippen LogP contribution in [-0.2, 0) is 14.3 Å². The lowest BCUT2D eigenvalue weighted by Gasteiger charge is -2.30. The highest BCUT2D eigenvalue weighted by Gasteiger charge is 2.30. The van der Waals surface area contributed by atoms with E-state index in [1.165, 1.54) is 13.2 Å². The number of carbonyl (C=O) groups is 2. The van der Waals surface area contributed by atoms with Gasteiger partial charge in [0.2, 0.25) is 5.95 Å². The fourth-order valence-corrected chi connectivity index (χ4v) is 3.59. The maximum atomic E-state index is 14.4. The number of carbonyl (C=O) groups excluding carboxylic acids is 2. The number of anilines is 1. The van der Waals surface area contributed by atoms with Crippen molar-refractivity contribution in [3.63, 3.8) is 0 Å². The molecule has 1 aliphatic rings. The molecule has 0 unspecified atom stereocenters. The van der Waals surface area contributed by atoms with Gasteiger partial charge in [0.1, 0.15) is 11.3 Å². The minimum Gasteiger partial charge on any atom is -0.465 e. The molecule has 1 saturated carbocycles. The highest BCUT2D eigenvalue weighted by molar-refractivity contribution is 5.90. The lowest BCUT2D eigenvalue weighted by atomic mass is 9.86. The van der Waals surface area contributed by atoms with Gasteiger partial charge in [-0.3, -0.25) is 4.79 Å². The van der Waals surface area contributed by atoms with E-state index >= 15 is 0 Å². The van der Waals surface area contributed by atoms with Crippen LogP contribution in [0.5, 0.6) is 0 Å². The number of halogens is 1. The molecule has 8 heteroatoms. The Balaban J connectivity index is 1.67. The summed E-state index contributed by atoms with van der Waals surface area (Å²) >= 11 is 0. The number of nitrogens with one attached hydrogen (secondary N) is 1. The number of methoxy groups -OCH3 is 1. The van der Waals surface area contributed by atoms with Crippen molar-refractivity contribution in [2.24, 2.45) is 5.92 Å². The fraction of sp³-hybridized carbons (Fsp3) is 0.478. The predicted molar refractivity (Wildman–Crippen MR) is 114 cm³/mol. The van der Waals surface area contributed by atoms with E-state index in [-0.39, 0.29) is 23.6 Å². The molecule has 0 aliphatic heterocycles. The van der Waals surface area contributed by atoms with Gasteiger partial charge in [0.05, 0.1) is 24.8 Å². The number of nitrogens with zero attached hydrogens (tertiary/aromatic N) is 2. The molecule has 31 heavy (non-hydrogen) atoms. The molecule has 0 bridgehead atoms. The van der Waals surface area contributed by atoms with Gasteiger partial charge < -0.3 is 14.8 Å². The summed E-state index contributed by atoms with van der Waals surface area (Å²) in [5.41, 5.74) is 0.383. The fourth-order valence-electron chi connectivity index (χ4n) is 3.59. The Kier molecular flexibility index (Phi) is 6.87. The summed E-state index contributed by atoms with van der Waals surface area (Å²) < 4.78 is 24.6. The van der Waals surface area contributed by atoms with Crippen molar-refractivity contribution in [1.29, 1.82) is 0 Å². The van der Waals surface area contributed by atoms with Gasteiger partial charge in [0.15, 0.2) is 5.82 Å². The molecular formula is C23H28FN3O4. The Bertz CT molecular complexity index is 950. The van der Waals surface area contributed by atoms with Crippen molar-refractivity contribution >= 4 is 17.9 Å². The zero-order valence-corrected chi connectivity index (χ0v) is 18.3. The van der Waals surface area contributed by atoms with Gasteiger partial charge in [-0.25, -0.2) is 19.2 Å². The van der Waals surface area contributed by atoms with Gasteiger partial charge in [-0.05, 0) is 58.6 Å². The second-order valence-corrected chi connectivity index (χ2v) is 8.69. The Labute approximate surface area is 181 Å². The number of aromatic nitrogens is 2. The summed E-state index contributed by atoms with van der Waals surface area (Å²) in [7, 11) is 1.29. The van der Waals surface area contributed by atoms with E-state index in [1.54, 1.807) is 18.2 Å². The molecular weight excluding hydrogens is 401 g/mol. The van der Waals surface area contributed by atoms with E-state index < -0.39 is 17.4 Å². The van der Waals surface area contributed by atoms with Crippen molar-refractivity contribution in [3.8, 4) is 11.3 Å². The Hall–Kier alpha value is -3.03. The van der Waals surface area contributed by atoms with Crippen molar-refractivity contribution in [2.45, 2.75) is 58.1 Å². The number of hydrogen-bond donors (Lipinski definition) is 1. The van der Waals surface area contributed by atoms with Crippen LogP contribution in [-0.4, -0.2) is 40.7 Å². The van der Waals surface area contributed by atoms with E-state index in [1.807, 2.05) is 20.8 Å². The minimum absolute atomic E-state index is 0.0819. The van der Waals surface area contributed by atoms with Crippen molar-refractivity contribution in [1.82, 2.24) is 9.97 Å². The molecule has 1 aromatic heterocycles. The third-order valence-electron chi connectivity index (χ3n) is 5.10. The molecule has 2 aromatic rings. The summed E-state index contributed by atoms with van der Waals surface area (Å²) in [6.45, 7) is 5.59. The summed E-state index contributed by atoms with van der Waals surface area (Å²) in [4.78, 5) is 32.4. The number of benzene rings is 1. The topological polar surface area (TPSA) is 90.4 Å². The van der Waals surface area contributed by atoms with E-state index in [2.05, 4.69) is 15.3 Å². The molecule has 1 aliphatic carbocycles. The van der Waals surface area contributed by atoms with Gasteiger partial charge in [-0.1, -0.05) is 12.1 Å². The van der Waals surface area contributed by atoms with E-state index in [0.717, 1.165) is 19.0 Å². The first-order chi connectivity index (χ1) is 14.7. The predicted octanol–water partition coefficient (Wildman–Crippen LogP) is 4.38. The van der Waals surface area contributed by atoms with Crippen molar-refractivity contribution < 1.29 is 23.5 Å². The lowest BCUT2D eigenvalue weighted by Crippen LogP contribution is -2.34. The number of rotatable bonds is 5. The molecule has 0 spiro atoms. The number of ether oxygens (including phenoxy) is 2. The molecule has 7 nitrogen and oxygen atoms in total. The maximum absolute atomic E-state index is 14.4. The Morgan fingerprint density at radius 3 is 2.52 bits per heavy atom. The van der Waals surface area contributed by atoms with Crippen LogP contribution in [0.3, 0.4) is 0 Å². The van der Waals surface area contributed by atoms with Gasteiger partial charge in [0, 0.05) is 11.6 Å². The summed E-state index contributed by atoms with van der Waals surface area (Å²) in [5, 5.41) is 3.24. The van der Waals surface area contributed by atoms with Gasteiger partial charge in [-0.15, -0.1) is 0 Å². The van der Waals surface area contributed by atoms with Crippen LogP contribution in [0.2, 0.25) is 0 Å². The van der Waals surface area contributed by atoms with E-state index in [4.69, 9.17) is 9.47 Å². The summed E-state index contributed by atoms with van der Waals surface area (Å²) in [5.74, 6) is -1.04. The molecule has 0 saturated heterocycles. The smallest absolute Gasteiger partial charge is 0.337 e. The highest BCUT2D eigenvalue weighted by atomic mass is 19.1. The Morgan fingerprint density at radius 1 is 1.16 bits per heavy atom. The monoisotopic (exact) mass is 429 g/mol. The normalized spacial score (nSPS) is 18.9. The van der Waals surface area contributed by atoms with Crippen LogP contribution < -0.4 is 5.32 Å². The lowest BCUT2D eigenvalue weighted by molar-refractivity contribution is -0.161. The Morgan fingerprint density at radius 2 is 1.87 bits per heavy atom. The maximum Gasteiger partial charge on any atom is 0.337 e. The highest BCUT2D eigenvalue weighted by Crippen LogP contribution is 2.29. The zero-order valence-electron chi connectivity index (χ0n) is 18.3. The van der Waals surface area contributed by atoms with Crippen molar-refractivity contribution in [3.05, 3.63) is 41.8 Å².